The van der Waals surface area contributed by atoms with Crippen molar-refractivity contribution in [1.29, 1.82) is 0 Å². The van der Waals surface area contributed by atoms with Gasteiger partial charge < -0.3 is 28.4 Å². The zero-order valence-corrected chi connectivity index (χ0v) is 80.3. The summed E-state index contributed by atoms with van der Waals surface area (Å²) in [6.45, 7) is 0. The van der Waals surface area contributed by atoms with Crippen LogP contribution in [0, 0.1) is 0 Å². The second kappa shape index (κ2) is 39.4. The highest BCUT2D eigenvalue weighted by molar-refractivity contribution is 6.14. The van der Waals surface area contributed by atoms with Gasteiger partial charge in [-0.15, -0.1) is 0 Å². The second-order valence-corrected chi connectivity index (χ2v) is 37.1. The van der Waals surface area contributed by atoms with Crippen LogP contribution < -0.4 is 14.7 Å². The summed E-state index contributed by atoms with van der Waals surface area (Å²) in [5, 5.41) is 12.4. The van der Waals surface area contributed by atoms with Crippen molar-refractivity contribution >= 4 is 138 Å². The van der Waals surface area contributed by atoms with Crippen molar-refractivity contribution in [2.45, 2.75) is 0 Å². The molecule has 0 spiro atoms. The van der Waals surface area contributed by atoms with E-state index in [0.717, 1.165) is 51.2 Å². The minimum absolute atomic E-state index is 1.11. The van der Waals surface area contributed by atoms with E-state index in [2.05, 4.69) is 623 Å². The molecular formula is C140H98N6. The lowest BCUT2D eigenvalue weighted by molar-refractivity contribution is 1.18. The van der Waals surface area contributed by atoms with Crippen LogP contribution in [0.25, 0.3) is 182 Å². The average molecular weight is 1860 g/mol. The van der Waals surface area contributed by atoms with Gasteiger partial charge in [0, 0.05) is 100 Å². The highest BCUT2D eigenvalue weighted by Gasteiger charge is 2.23. The fraction of sp³-hybridized carbons (Fsp3) is 0. The molecule has 27 aromatic rings. The Balaban J connectivity index is 0.000000114. The SMILES string of the molecule is c1ccc(-c2ccc(N(c3ccc(-c4ccc5c(c4)c4ccccc4n5-c4ccccc4)cc3)c3ccc4ccccc4c3)cc2)cc1.c1ccc(-c2ccc(N(c3ccc(-c4ccc5c(c4)c4ccccc4n5-c4ccccc4)cc3)c3cccc4ccccc34)cc2)cc1.c1ccc(-c2ccc(N(c3ccc(-c4ccccc4)cc3)c3ccc(-c4ccc5c(c4)c4ccccc4n5-c4ccccc4)cc3)cc2)cc1. The number of aromatic nitrogens is 3. The quantitative estimate of drug-likeness (QED) is 0.0806. The standard InChI is InChI=1S/C48H34N2.2C46H32N2/c1-4-12-35(13-5-1)37-20-27-42(28-21-37)49(43-29-22-38(23-30-43)36-14-6-2-7-15-36)44-31-24-39(25-32-44)40-26-33-48-46(34-40)45-18-10-11-19-47(45)50(48)41-16-8-3-9-17-41;1-3-12-33(13-4-1)34-22-27-39(28-23-34)47(44-21-11-15-36-14-7-8-18-41(36)44)40-29-24-35(25-30-40)37-26-31-46-43(32-37)42-19-9-10-20-45(42)48(46)38-16-5-2-6-17-38;1-3-11-33(12-4-1)35-19-25-40(26-20-35)47(42-29-23-34-13-7-8-14-37(34)31-42)41-27-21-36(22-28-41)38-24-30-46-44(32-38)43-17-9-10-18-45(43)48(46)39-15-5-2-6-16-39/h1-34H;2*1-32H. The van der Waals surface area contributed by atoms with Crippen LogP contribution in [0.15, 0.2) is 595 Å². The molecule has 0 bridgehead atoms. The molecule has 3 heterocycles. The number of rotatable bonds is 19. The van der Waals surface area contributed by atoms with Crippen molar-refractivity contribution in [3.8, 4) is 95.0 Å². The molecule has 6 heteroatoms. The minimum Gasteiger partial charge on any atom is -0.311 e. The molecule has 0 aliphatic rings. The lowest BCUT2D eigenvalue weighted by Gasteiger charge is -2.27. The van der Waals surface area contributed by atoms with Crippen molar-refractivity contribution in [2.75, 3.05) is 14.7 Å². The molecule has 0 fully saturated rings. The van der Waals surface area contributed by atoms with Crippen LogP contribution >= 0.6 is 0 Å². The number of fused-ring (bicyclic) bond motifs is 11. The van der Waals surface area contributed by atoms with Crippen molar-refractivity contribution in [1.82, 2.24) is 13.7 Å². The third-order valence-electron chi connectivity index (χ3n) is 28.4. The van der Waals surface area contributed by atoms with Gasteiger partial charge in [-0.1, -0.05) is 400 Å². The predicted octanol–water partition coefficient (Wildman–Crippen LogP) is 38.7. The van der Waals surface area contributed by atoms with Gasteiger partial charge in [-0.25, -0.2) is 0 Å². The van der Waals surface area contributed by atoms with Crippen molar-refractivity contribution in [3.05, 3.63) is 595 Å². The summed E-state index contributed by atoms with van der Waals surface area (Å²) < 4.78 is 7.09. The van der Waals surface area contributed by atoms with Crippen molar-refractivity contribution in [2.24, 2.45) is 0 Å². The summed E-state index contributed by atoms with van der Waals surface area (Å²) in [6, 6.07) is 214. The van der Waals surface area contributed by atoms with E-state index in [-0.39, 0.29) is 0 Å². The predicted molar refractivity (Wildman–Crippen MR) is 619 cm³/mol. The largest absolute Gasteiger partial charge is 0.311 e. The normalized spacial score (nSPS) is 11.3. The van der Waals surface area contributed by atoms with E-state index >= 15 is 0 Å². The number of benzene rings is 24. The Morgan fingerprint density at radius 1 is 0.110 bits per heavy atom. The lowest BCUT2D eigenvalue weighted by Crippen LogP contribution is -2.10. The molecule has 6 nitrogen and oxygen atoms in total. The van der Waals surface area contributed by atoms with Crippen LogP contribution in [0.5, 0.6) is 0 Å². The molecule has 0 aliphatic heterocycles. The fourth-order valence-corrected chi connectivity index (χ4v) is 21.2. The van der Waals surface area contributed by atoms with E-state index < -0.39 is 0 Å². The Kier molecular flexibility index (Phi) is 23.7. The van der Waals surface area contributed by atoms with Crippen LogP contribution in [-0.4, -0.2) is 13.7 Å². The summed E-state index contributed by atoms with van der Waals surface area (Å²) in [6.07, 6.45) is 0. The Bertz CT molecular complexity index is 9230. The molecule has 0 saturated carbocycles. The van der Waals surface area contributed by atoms with Crippen LogP contribution in [0.1, 0.15) is 0 Å². The summed E-state index contributed by atoms with van der Waals surface area (Å²) in [4.78, 5) is 7.06. The van der Waals surface area contributed by atoms with Gasteiger partial charge in [-0.05, 0) is 288 Å². The zero-order chi connectivity index (χ0) is 97.0. The Labute approximate surface area is 849 Å². The molecule has 0 radical (unpaired) electrons. The monoisotopic (exact) mass is 1860 g/mol. The van der Waals surface area contributed by atoms with Gasteiger partial charge in [-0.2, -0.15) is 0 Å². The van der Waals surface area contributed by atoms with Gasteiger partial charge in [0.05, 0.1) is 38.8 Å². The highest BCUT2D eigenvalue weighted by atomic mass is 15.2. The van der Waals surface area contributed by atoms with Gasteiger partial charge in [0.25, 0.3) is 0 Å². The van der Waals surface area contributed by atoms with E-state index in [1.165, 1.54) is 182 Å². The highest BCUT2D eigenvalue weighted by Crippen LogP contribution is 2.47. The molecule has 0 unspecified atom stereocenters. The molecule has 688 valence electrons. The van der Waals surface area contributed by atoms with Gasteiger partial charge >= 0.3 is 0 Å². The molecule has 0 aliphatic carbocycles. The summed E-state index contributed by atoms with van der Waals surface area (Å²) >= 11 is 0. The van der Waals surface area contributed by atoms with Gasteiger partial charge in [0.1, 0.15) is 0 Å². The topological polar surface area (TPSA) is 24.5 Å². The maximum atomic E-state index is 2.37. The number of para-hydroxylation sites is 6. The maximum Gasteiger partial charge on any atom is 0.0541 e. The molecule has 3 aromatic heterocycles. The summed E-state index contributed by atoms with van der Waals surface area (Å²) in [5.41, 5.74) is 37.7. The molecule has 0 atom stereocenters. The fourth-order valence-electron chi connectivity index (χ4n) is 21.2. The maximum absolute atomic E-state index is 2.37. The zero-order valence-electron chi connectivity index (χ0n) is 80.3. The Hall–Kier alpha value is -19.4. The van der Waals surface area contributed by atoms with E-state index in [1.54, 1.807) is 0 Å². The van der Waals surface area contributed by atoms with Crippen LogP contribution in [0.3, 0.4) is 0 Å². The third kappa shape index (κ3) is 17.3. The molecule has 0 amide bonds. The molecule has 27 rings (SSSR count). The van der Waals surface area contributed by atoms with Crippen LogP contribution in [0.2, 0.25) is 0 Å². The van der Waals surface area contributed by atoms with Crippen LogP contribution in [0.4, 0.5) is 51.2 Å². The Morgan fingerprint density at radius 3 is 0.637 bits per heavy atom. The van der Waals surface area contributed by atoms with E-state index in [4.69, 9.17) is 0 Å². The van der Waals surface area contributed by atoms with Gasteiger partial charge in [0.15, 0.2) is 0 Å². The smallest absolute Gasteiger partial charge is 0.0541 e. The Morgan fingerprint density at radius 2 is 0.322 bits per heavy atom. The first-order valence-electron chi connectivity index (χ1n) is 50.0. The second-order valence-electron chi connectivity index (χ2n) is 37.1. The first-order valence-corrected chi connectivity index (χ1v) is 50.0. The average Bonchev–Trinajstić information content (AvgIpc) is 1.59. The number of nitrogens with zero attached hydrogens (tertiary/aromatic N) is 6. The van der Waals surface area contributed by atoms with Crippen molar-refractivity contribution in [3.63, 3.8) is 0 Å². The molecular weight excluding hydrogens is 1770 g/mol. The van der Waals surface area contributed by atoms with E-state index in [0.29, 0.717) is 0 Å². The van der Waals surface area contributed by atoms with E-state index in [1.807, 2.05) is 0 Å². The first-order chi connectivity index (χ1) is 72.4. The molecule has 24 aromatic carbocycles. The molecule has 0 N–H and O–H groups in total. The molecule has 0 saturated heterocycles. The number of hydrogen-bond acceptors (Lipinski definition) is 3. The lowest BCUT2D eigenvalue weighted by atomic mass is 10.0. The number of hydrogen-bond donors (Lipinski definition) is 0. The van der Waals surface area contributed by atoms with Crippen molar-refractivity contribution < 1.29 is 0 Å². The third-order valence-corrected chi connectivity index (χ3v) is 28.4. The first kappa shape index (κ1) is 88.1. The van der Waals surface area contributed by atoms with Gasteiger partial charge in [-0.3, -0.25) is 0 Å². The summed E-state index contributed by atoms with van der Waals surface area (Å²) in [5.74, 6) is 0. The van der Waals surface area contributed by atoms with E-state index in [9.17, 15) is 0 Å². The van der Waals surface area contributed by atoms with Crippen LogP contribution in [-0.2, 0) is 0 Å². The summed E-state index contributed by atoms with van der Waals surface area (Å²) in [7, 11) is 0. The van der Waals surface area contributed by atoms with Gasteiger partial charge in [0.2, 0.25) is 0 Å². The minimum atomic E-state index is 1.11. The number of anilines is 9. The molecule has 146 heavy (non-hydrogen) atoms.